The van der Waals surface area contributed by atoms with Gasteiger partial charge in [0.1, 0.15) is 0 Å². The van der Waals surface area contributed by atoms with Crippen molar-refractivity contribution in [3.63, 3.8) is 0 Å². The van der Waals surface area contributed by atoms with E-state index in [4.69, 9.17) is 9.72 Å². The number of fused-ring (bicyclic) bond motifs is 3. The summed E-state index contributed by atoms with van der Waals surface area (Å²) >= 11 is 0. The number of nitrogens with zero attached hydrogens (tertiary/aromatic N) is 3. The molecule has 0 saturated carbocycles. The minimum atomic E-state index is -0.456. The van der Waals surface area contributed by atoms with Gasteiger partial charge >= 0.3 is 5.97 Å². The van der Waals surface area contributed by atoms with Crippen molar-refractivity contribution in [3.05, 3.63) is 112 Å². The predicted octanol–water partition coefficient (Wildman–Crippen LogP) is 4.53. The third kappa shape index (κ3) is 4.85. The van der Waals surface area contributed by atoms with E-state index in [-0.39, 0.29) is 12.5 Å². The molecule has 0 radical (unpaired) electrons. The highest BCUT2D eigenvalue weighted by molar-refractivity contribution is 6.05. The lowest BCUT2D eigenvalue weighted by Crippen LogP contribution is -2.38. The highest BCUT2D eigenvalue weighted by Crippen LogP contribution is 2.29. The van der Waals surface area contributed by atoms with Crippen molar-refractivity contribution in [3.8, 4) is 0 Å². The minimum Gasteiger partial charge on any atom is -0.452 e. The third-order valence-electron chi connectivity index (χ3n) is 7.39. The van der Waals surface area contributed by atoms with Crippen LogP contribution in [0.25, 0.3) is 10.9 Å². The quantitative estimate of drug-likeness (QED) is 0.384. The van der Waals surface area contributed by atoms with E-state index in [1.807, 2.05) is 54.6 Å². The number of hydrogen-bond acceptors (Lipinski definition) is 5. The molecule has 186 valence electrons. The highest BCUT2D eigenvalue weighted by Gasteiger charge is 2.28. The average Bonchev–Trinajstić information content (AvgIpc) is 2.94. The summed E-state index contributed by atoms with van der Waals surface area (Å²) in [6, 6.07) is 26.2. The van der Waals surface area contributed by atoms with E-state index in [1.165, 1.54) is 11.1 Å². The van der Waals surface area contributed by atoms with Crippen LogP contribution in [0, 0.1) is 0 Å². The average molecular weight is 492 g/mol. The van der Waals surface area contributed by atoms with Crippen LogP contribution in [-0.4, -0.2) is 46.4 Å². The summed E-state index contributed by atoms with van der Waals surface area (Å²) in [5.41, 5.74) is 6.83. The summed E-state index contributed by atoms with van der Waals surface area (Å²) in [4.78, 5) is 35.5. The van der Waals surface area contributed by atoms with Crippen LogP contribution in [0.1, 0.15) is 38.3 Å². The Labute approximate surface area is 216 Å². The second-order valence-corrected chi connectivity index (χ2v) is 9.79. The number of pyridine rings is 1. The van der Waals surface area contributed by atoms with Crippen LogP contribution in [-0.2, 0) is 42.0 Å². The molecule has 37 heavy (non-hydrogen) atoms. The topological polar surface area (TPSA) is 62.7 Å². The number of aromatic nitrogens is 1. The zero-order valence-electron chi connectivity index (χ0n) is 20.7. The third-order valence-corrected chi connectivity index (χ3v) is 7.39. The van der Waals surface area contributed by atoms with Gasteiger partial charge in [-0.05, 0) is 29.2 Å². The Morgan fingerprint density at radius 1 is 0.811 bits per heavy atom. The van der Waals surface area contributed by atoms with Gasteiger partial charge in [-0.3, -0.25) is 14.7 Å². The highest BCUT2D eigenvalue weighted by atomic mass is 16.5. The molecule has 1 aromatic heterocycles. The molecule has 0 N–H and O–H groups in total. The van der Waals surface area contributed by atoms with Crippen molar-refractivity contribution in [2.24, 2.45) is 0 Å². The zero-order chi connectivity index (χ0) is 25.2. The van der Waals surface area contributed by atoms with Crippen LogP contribution in [0.2, 0.25) is 0 Å². The first-order chi connectivity index (χ1) is 18.2. The van der Waals surface area contributed by atoms with E-state index in [2.05, 4.69) is 29.2 Å². The van der Waals surface area contributed by atoms with Crippen molar-refractivity contribution >= 4 is 22.8 Å². The molecular weight excluding hydrogens is 462 g/mol. The smallest absolute Gasteiger partial charge is 0.339 e. The Morgan fingerprint density at radius 3 is 2.43 bits per heavy atom. The Bertz CT molecular complexity index is 1470. The van der Waals surface area contributed by atoms with Gasteiger partial charge in [0.2, 0.25) is 0 Å². The number of amides is 1. The fourth-order valence-corrected chi connectivity index (χ4v) is 5.46. The second kappa shape index (κ2) is 10.1. The van der Waals surface area contributed by atoms with Gasteiger partial charge in [-0.15, -0.1) is 0 Å². The molecule has 0 bridgehead atoms. The van der Waals surface area contributed by atoms with Crippen molar-refractivity contribution in [1.82, 2.24) is 14.8 Å². The summed E-state index contributed by atoms with van der Waals surface area (Å²) in [5, 5.41) is 0.771. The Morgan fingerprint density at radius 2 is 1.57 bits per heavy atom. The Hall–Kier alpha value is -4.03. The number of carbonyl (C=O) groups is 2. The van der Waals surface area contributed by atoms with E-state index in [0.717, 1.165) is 53.7 Å². The van der Waals surface area contributed by atoms with E-state index in [1.54, 1.807) is 4.90 Å². The zero-order valence-corrected chi connectivity index (χ0v) is 20.7. The maximum atomic E-state index is 13.5. The molecule has 0 fully saturated rings. The molecule has 3 aromatic carbocycles. The van der Waals surface area contributed by atoms with Gasteiger partial charge in [0.15, 0.2) is 6.61 Å². The number of esters is 1. The van der Waals surface area contributed by atoms with Crippen molar-refractivity contribution in [2.75, 3.05) is 19.7 Å². The molecule has 2 aliphatic heterocycles. The number of rotatable bonds is 5. The van der Waals surface area contributed by atoms with Gasteiger partial charge < -0.3 is 9.64 Å². The standard InChI is InChI=1S/C31H29N3O3/c35-29(34-17-14-23-10-4-5-11-24(23)19-34)21-37-31(36)30-25-12-6-7-13-27(25)32-28-15-16-33(20-26(28)30)18-22-8-2-1-3-9-22/h1-13H,14-21H2. The first-order valence-electron chi connectivity index (χ1n) is 12.8. The first-order valence-corrected chi connectivity index (χ1v) is 12.8. The molecule has 6 nitrogen and oxygen atoms in total. The first kappa shape index (κ1) is 23.4. The molecule has 0 aliphatic carbocycles. The van der Waals surface area contributed by atoms with E-state index < -0.39 is 5.97 Å². The van der Waals surface area contributed by atoms with Crippen molar-refractivity contribution in [2.45, 2.75) is 32.5 Å². The SMILES string of the molecule is O=C(OCC(=O)N1CCc2ccccc2C1)c1c2c(nc3ccccc13)CCN(Cc1ccccc1)C2. The summed E-state index contributed by atoms with van der Waals surface area (Å²) in [6.45, 7) is 3.21. The molecule has 6 heteroatoms. The lowest BCUT2D eigenvalue weighted by Gasteiger charge is -2.30. The second-order valence-electron chi connectivity index (χ2n) is 9.79. The minimum absolute atomic E-state index is 0.166. The lowest BCUT2D eigenvalue weighted by atomic mass is 9.95. The summed E-state index contributed by atoms with van der Waals surface area (Å²) < 4.78 is 5.68. The number of ether oxygens (including phenoxy) is 1. The van der Waals surface area contributed by atoms with Gasteiger partial charge in [-0.2, -0.15) is 0 Å². The monoisotopic (exact) mass is 491 g/mol. The molecule has 0 saturated heterocycles. The molecule has 3 heterocycles. The Kier molecular flexibility index (Phi) is 6.41. The van der Waals surface area contributed by atoms with Gasteiger partial charge in [-0.25, -0.2) is 4.79 Å². The molecule has 0 unspecified atom stereocenters. The summed E-state index contributed by atoms with van der Waals surface area (Å²) in [7, 11) is 0. The Balaban J connectivity index is 1.22. The maximum absolute atomic E-state index is 13.5. The fourth-order valence-electron chi connectivity index (χ4n) is 5.46. The van der Waals surface area contributed by atoms with Crippen molar-refractivity contribution < 1.29 is 14.3 Å². The van der Waals surface area contributed by atoms with Crippen LogP contribution in [0.4, 0.5) is 0 Å². The van der Waals surface area contributed by atoms with Gasteiger partial charge in [0.05, 0.1) is 11.1 Å². The fraction of sp³-hybridized carbons (Fsp3) is 0.258. The van der Waals surface area contributed by atoms with Gasteiger partial charge in [0, 0.05) is 55.8 Å². The van der Waals surface area contributed by atoms with Crippen LogP contribution in [0.3, 0.4) is 0 Å². The molecule has 0 spiro atoms. The van der Waals surface area contributed by atoms with Gasteiger partial charge in [0.25, 0.3) is 5.91 Å². The largest absolute Gasteiger partial charge is 0.452 e. The van der Waals surface area contributed by atoms with Crippen LogP contribution in [0.15, 0.2) is 78.9 Å². The summed E-state index contributed by atoms with van der Waals surface area (Å²) in [6.07, 6.45) is 1.58. The van der Waals surface area contributed by atoms with Crippen molar-refractivity contribution in [1.29, 1.82) is 0 Å². The van der Waals surface area contributed by atoms with Crippen LogP contribution >= 0.6 is 0 Å². The normalized spacial score (nSPS) is 15.2. The molecule has 1 amide bonds. The maximum Gasteiger partial charge on any atom is 0.339 e. The number of hydrogen-bond donors (Lipinski definition) is 0. The number of carbonyl (C=O) groups excluding carboxylic acids is 2. The van der Waals surface area contributed by atoms with Crippen LogP contribution < -0.4 is 0 Å². The molecule has 2 aliphatic rings. The molecular formula is C31H29N3O3. The van der Waals surface area contributed by atoms with E-state index >= 15 is 0 Å². The molecule has 0 atom stereocenters. The predicted molar refractivity (Wildman–Crippen MR) is 142 cm³/mol. The number of benzene rings is 3. The van der Waals surface area contributed by atoms with E-state index in [9.17, 15) is 9.59 Å². The van der Waals surface area contributed by atoms with Crippen LogP contribution in [0.5, 0.6) is 0 Å². The molecule has 4 aromatic rings. The number of para-hydroxylation sites is 1. The summed E-state index contributed by atoms with van der Waals surface area (Å²) in [5.74, 6) is -0.622. The molecule has 6 rings (SSSR count). The van der Waals surface area contributed by atoms with Gasteiger partial charge in [-0.1, -0.05) is 72.8 Å². The van der Waals surface area contributed by atoms with E-state index in [0.29, 0.717) is 25.2 Å². The lowest BCUT2D eigenvalue weighted by molar-refractivity contribution is -0.135.